The Morgan fingerprint density at radius 3 is 2.79 bits per heavy atom. The van der Waals surface area contributed by atoms with E-state index in [2.05, 4.69) is 0 Å². The average Bonchev–Trinajstić information content (AvgIpc) is 2.12. The lowest BCUT2D eigenvalue weighted by atomic mass is 9.87. The third-order valence-electron chi connectivity index (χ3n) is 2.47. The van der Waals surface area contributed by atoms with E-state index in [4.69, 9.17) is 5.73 Å². The van der Waals surface area contributed by atoms with Crippen LogP contribution in [0.3, 0.4) is 0 Å². The highest BCUT2D eigenvalue weighted by Crippen LogP contribution is 2.24. The van der Waals surface area contributed by atoms with Gasteiger partial charge in [0.1, 0.15) is 11.6 Å². The lowest BCUT2D eigenvalue weighted by Crippen LogP contribution is -2.35. The molecule has 0 aliphatic heterocycles. The van der Waals surface area contributed by atoms with Crippen LogP contribution in [0.2, 0.25) is 0 Å². The first-order valence-corrected chi connectivity index (χ1v) is 4.37. The minimum atomic E-state index is -0.733. The van der Waals surface area contributed by atoms with Gasteiger partial charge in [-0.05, 0) is 24.5 Å². The van der Waals surface area contributed by atoms with Gasteiger partial charge in [-0.15, -0.1) is 0 Å². The molecule has 0 bridgehead atoms. The lowest BCUT2D eigenvalue weighted by molar-refractivity contribution is 0.0946. The molecule has 0 saturated heterocycles. The number of carbonyl (C=O) groups is 1. The van der Waals surface area contributed by atoms with Gasteiger partial charge in [0.15, 0.2) is 5.78 Å². The fourth-order valence-electron chi connectivity index (χ4n) is 1.71. The van der Waals surface area contributed by atoms with Crippen LogP contribution in [0, 0.1) is 11.6 Å². The van der Waals surface area contributed by atoms with Crippen LogP contribution in [0.1, 0.15) is 22.3 Å². The van der Waals surface area contributed by atoms with Crippen molar-refractivity contribution in [2.45, 2.75) is 18.9 Å². The minimum Gasteiger partial charge on any atom is -0.321 e. The zero-order valence-electron chi connectivity index (χ0n) is 7.39. The Hall–Kier alpha value is -1.29. The molecule has 1 unspecified atom stereocenters. The highest BCUT2D eigenvalue weighted by atomic mass is 19.1. The summed E-state index contributed by atoms with van der Waals surface area (Å²) in [6.07, 6.45) is 0.822. The number of hydrogen-bond donors (Lipinski definition) is 1. The molecule has 4 heteroatoms. The molecule has 0 amide bonds. The number of halogens is 2. The van der Waals surface area contributed by atoms with Crippen LogP contribution in [0.25, 0.3) is 0 Å². The van der Waals surface area contributed by atoms with Crippen LogP contribution in [0.5, 0.6) is 0 Å². The van der Waals surface area contributed by atoms with E-state index in [1.807, 2.05) is 0 Å². The van der Waals surface area contributed by atoms with E-state index in [1.54, 1.807) is 0 Å². The van der Waals surface area contributed by atoms with Gasteiger partial charge >= 0.3 is 0 Å². The SMILES string of the molecule is NC1CCc2c(F)cc(F)cc2C1=O. The van der Waals surface area contributed by atoms with Crippen molar-refractivity contribution in [2.24, 2.45) is 5.73 Å². The molecule has 1 aromatic carbocycles. The van der Waals surface area contributed by atoms with Crippen molar-refractivity contribution in [3.8, 4) is 0 Å². The fourth-order valence-corrected chi connectivity index (χ4v) is 1.71. The highest BCUT2D eigenvalue weighted by Gasteiger charge is 2.27. The molecule has 1 atom stereocenters. The van der Waals surface area contributed by atoms with Gasteiger partial charge in [-0.1, -0.05) is 0 Å². The van der Waals surface area contributed by atoms with Gasteiger partial charge < -0.3 is 5.73 Å². The molecule has 2 N–H and O–H groups in total. The van der Waals surface area contributed by atoms with Crippen LogP contribution in [-0.2, 0) is 6.42 Å². The van der Waals surface area contributed by atoms with Crippen molar-refractivity contribution < 1.29 is 13.6 Å². The Morgan fingerprint density at radius 2 is 2.07 bits per heavy atom. The maximum Gasteiger partial charge on any atom is 0.180 e. The summed E-state index contributed by atoms with van der Waals surface area (Å²) in [5, 5.41) is 0. The van der Waals surface area contributed by atoms with E-state index in [9.17, 15) is 13.6 Å². The zero-order valence-corrected chi connectivity index (χ0v) is 7.39. The summed E-state index contributed by atoms with van der Waals surface area (Å²) < 4.78 is 26.0. The lowest BCUT2D eigenvalue weighted by Gasteiger charge is -2.20. The number of benzene rings is 1. The quantitative estimate of drug-likeness (QED) is 0.683. The fraction of sp³-hybridized carbons (Fsp3) is 0.300. The molecule has 0 spiro atoms. The maximum absolute atomic E-state index is 13.2. The number of ketones is 1. The molecule has 1 aliphatic carbocycles. The van der Waals surface area contributed by atoms with Gasteiger partial charge in [0.05, 0.1) is 6.04 Å². The molecule has 0 aromatic heterocycles. The Kier molecular flexibility index (Phi) is 2.07. The number of Topliss-reactive ketones (excluding diaryl/α,β-unsaturated/α-hetero) is 1. The molecule has 14 heavy (non-hydrogen) atoms. The summed E-state index contributed by atoms with van der Waals surface area (Å²) in [5.74, 6) is -1.76. The third-order valence-corrected chi connectivity index (χ3v) is 2.47. The van der Waals surface area contributed by atoms with Crippen LogP contribution < -0.4 is 5.73 Å². The van der Waals surface area contributed by atoms with Gasteiger partial charge in [-0.25, -0.2) is 8.78 Å². The normalized spacial score (nSPS) is 20.8. The van der Waals surface area contributed by atoms with E-state index in [1.165, 1.54) is 0 Å². The first-order valence-electron chi connectivity index (χ1n) is 4.37. The number of rotatable bonds is 0. The third kappa shape index (κ3) is 1.32. The van der Waals surface area contributed by atoms with Crippen molar-refractivity contribution >= 4 is 5.78 Å². The molecular weight excluding hydrogens is 188 g/mol. The largest absolute Gasteiger partial charge is 0.321 e. The van der Waals surface area contributed by atoms with Gasteiger partial charge in [-0.3, -0.25) is 4.79 Å². The van der Waals surface area contributed by atoms with E-state index in [0.717, 1.165) is 12.1 Å². The summed E-state index contributed by atoms with van der Waals surface area (Å²) in [7, 11) is 0. The van der Waals surface area contributed by atoms with Gasteiger partial charge in [0, 0.05) is 11.6 Å². The Bertz CT molecular complexity index is 403. The van der Waals surface area contributed by atoms with Gasteiger partial charge in [0.25, 0.3) is 0 Å². The predicted molar refractivity (Wildman–Crippen MR) is 47.0 cm³/mol. The second-order valence-electron chi connectivity index (χ2n) is 3.42. The molecular formula is C10H9F2NO. The second kappa shape index (κ2) is 3.13. The molecule has 74 valence electrons. The molecule has 2 rings (SSSR count). The summed E-state index contributed by atoms with van der Waals surface area (Å²) in [6.45, 7) is 0. The van der Waals surface area contributed by atoms with Gasteiger partial charge in [0.2, 0.25) is 0 Å². The first kappa shape index (κ1) is 9.27. The van der Waals surface area contributed by atoms with Crippen LogP contribution in [-0.4, -0.2) is 11.8 Å². The monoisotopic (exact) mass is 197 g/mol. The zero-order chi connectivity index (χ0) is 10.3. The Labute approximate surface area is 79.7 Å². The number of fused-ring (bicyclic) bond motifs is 1. The van der Waals surface area contributed by atoms with Crippen molar-refractivity contribution in [1.29, 1.82) is 0 Å². The topological polar surface area (TPSA) is 43.1 Å². The van der Waals surface area contributed by atoms with Gasteiger partial charge in [-0.2, -0.15) is 0 Å². The van der Waals surface area contributed by atoms with Crippen molar-refractivity contribution in [3.05, 3.63) is 34.9 Å². The van der Waals surface area contributed by atoms with E-state index < -0.39 is 17.7 Å². The first-order chi connectivity index (χ1) is 6.59. The second-order valence-corrected chi connectivity index (χ2v) is 3.42. The predicted octanol–water partition coefficient (Wildman–Crippen LogP) is 1.42. The van der Waals surface area contributed by atoms with E-state index >= 15 is 0 Å². The van der Waals surface area contributed by atoms with E-state index in [-0.39, 0.29) is 16.9 Å². The maximum atomic E-state index is 13.2. The standard InChI is InChI=1S/C10H9F2NO/c11-5-3-7-6(8(12)4-5)1-2-9(13)10(7)14/h3-4,9H,1-2,13H2. The minimum absolute atomic E-state index is 0.0984. The molecule has 2 nitrogen and oxygen atoms in total. The van der Waals surface area contributed by atoms with Crippen LogP contribution >= 0.6 is 0 Å². The van der Waals surface area contributed by atoms with Crippen LogP contribution in [0.15, 0.2) is 12.1 Å². The van der Waals surface area contributed by atoms with Crippen LogP contribution in [0.4, 0.5) is 8.78 Å². The molecule has 1 aromatic rings. The number of carbonyl (C=O) groups excluding carboxylic acids is 1. The van der Waals surface area contributed by atoms with Crippen molar-refractivity contribution in [3.63, 3.8) is 0 Å². The summed E-state index contributed by atoms with van der Waals surface area (Å²) in [6, 6.07) is 1.23. The summed E-state index contributed by atoms with van der Waals surface area (Å²) in [4.78, 5) is 11.5. The smallest absolute Gasteiger partial charge is 0.180 e. The molecule has 0 radical (unpaired) electrons. The molecule has 0 saturated carbocycles. The number of hydrogen-bond acceptors (Lipinski definition) is 2. The highest BCUT2D eigenvalue weighted by molar-refractivity contribution is 6.02. The molecule has 1 aliphatic rings. The summed E-state index contributed by atoms with van der Waals surface area (Å²) in [5.41, 5.74) is 5.89. The number of nitrogens with two attached hydrogens (primary N) is 1. The van der Waals surface area contributed by atoms with Crippen molar-refractivity contribution in [2.75, 3.05) is 0 Å². The van der Waals surface area contributed by atoms with E-state index in [0.29, 0.717) is 12.8 Å². The molecule has 0 fully saturated rings. The van der Waals surface area contributed by atoms with Crippen molar-refractivity contribution in [1.82, 2.24) is 0 Å². The molecule has 0 heterocycles. The Balaban J connectivity index is 2.60. The summed E-state index contributed by atoms with van der Waals surface area (Å²) >= 11 is 0. The average molecular weight is 197 g/mol. The Morgan fingerprint density at radius 1 is 1.36 bits per heavy atom.